The lowest BCUT2D eigenvalue weighted by Gasteiger charge is -2.20. The summed E-state index contributed by atoms with van der Waals surface area (Å²) in [6.07, 6.45) is 1.38. The first-order valence-electron chi connectivity index (χ1n) is 13.7. The normalized spacial score (nSPS) is 14.3. The molecule has 4 aromatic rings. The number of aliphatic carboxylic acids is 1. The van der Waals surface area contributed by atoms with Gasteiger partial charge in [0.05, 0.1) is 34.9 Å². The van der Waals surface area contributed by atoms with Crippen LogP contribution >= 0.6 is 11.6 Å². The number of aliphatic hydroxyl groups is 1. The molecule has 216 valence electrons. The highest BCUT2D eigenvalue weighted by molar-refractivity contribution is 6.32. The molecular formula is C34H28ClN3O5. The van der Waals surface area contributed by atoms with Gasteiger partial charge in [0.2, 0.25) is 0 Å². The minimum Gasteiger partial charge on any atom is -0.488 e. The van der Waals surface area contributed by atoms with E-state index in [0.29, 0.717) is 38.8 Å². The summed E-state index contributed by atoms with van der Waals surface area (Å²) in [6, 6.07) is 27.4. The number of fused-ring (bicyclic) bond motifs is 1. The Morgan fingerprint density at radius 2 is 1.74 bits per heavy atom. The monoisotopic (exact) mass is 593 g/mol. The number of hydrogen-bond acceptors (Lipinski definition) is 7. The summed E-state index contributed by atoms with van der Waals surface area (Å²) < 4.78 is 12.6. The Balaban J connectivity index is 1.44. The average Bonchev–Trinajstić information content (AvgIpc) is 3.44. The summed E-state index contributed by atoms with van der Waals surface area (Å²) in [6.45, 7) is -0.515. The van der Waals surface area contributed by atoms with E-state index in [2.05, 4.69) is 29.6 Å². The van der Waals surface area contributed by atoms with Gasteiger partial charge in [-0.05, 0) is 64.9 Å². The number of ether oxygens (including phenoxy) is 2. The first kappa shape index (κ1) is 29.6. The third-order valence-corrected chi connectivity index (χ3v) is 7.64. The van der Waals surface area contributed by atoms with Gasteiger partial charge in [0, 0.05) is 18.2 Å². The van der Waals surface area contributed by atoms with Crippen LogP contribution in [0.5, 0.6) is 11.5 Å². The number of carboxylic acids is 1. The molecule has 1 aliphatic carbocycles. The maximum atomic E-state index is 11.4. The largest absolute Gasteiger partial charge is 0.488 e. The summed E-state index contributed by atoms with van der Waals surface area (Å²) in [4.78, 5) is 11.4. The van der Waals surface area contributed by atoms with Gasteiger partial charge in [0.25, 0.3) is 0 Å². The summed E-state index contributed by atoms with van der Waals surface area (Å²) in [5, 5.41) is 40.6. The Labute approximate surface area is 254 Å². The summed E-state index contributed by atoms with van der Waals surface area (Å²) in [5.41, 5.74) is 6.48. The number of rotatable bonds is 11. The van der Waals surface area contributed by atoms with Gasteiger partial charge in [-0.2, -0.15) is 10.5 Å². The molecule has 1 aliphatic rings. The first-order chi connectivity index (χ1) is 20.9. The summed E-state index contributed by atoms with van der Waals surface area (Å²) in [5.74, 6) is -0.405. The lowest BCUT2D eigenvalue weighted by atomic mass is 9.97. The average molecular weight is 594 g/mol. The van der Waals surface area contributed by atoms with E-state index in [0.717, 1.165) is 24.0 Å². The van der Waals surface area contributed by atoms with Gasteiger partial charge in [-0.3, -0.25) is 10.1 Å². The molecule has 0 unspecified atom stereocenters. The Hall–Kier alpha value is -4.86. The van der Waals surface area contributed by atoms with Crippen LogP contribution in [0.3, 0.4) is 0 Å². The number of benzene rings is 4. The van der Waals surface area contributed by atoms with Crippen molar-refractivity contribution in [1.82, 2.24) is 5.32 Å². The van der Waals surface area contributed by atoms with Crippen LogP contribution in [0.25, 0.3) is 11.1 Å². The zero-order valence-electron chi connectivity index (χ0n) is 23.1. The molecule has 0 fully saturated rings. The highest BCUT2D eigenvalue weighted by atomic mass is 35.5. The van der Waals surface area contributed by atoms with Crippen molar-refractivity contribution in [3.63, 3.8) is 0 Å². The Morgan fingerprint density at radius 1 is 1.00 bits per heavy atom. The lowest BCUT2D eigenvalue weighted by molar-refractivity contribution is -0.140. The molecule has 0 aromatic heterocycles. The molecule has 0 aliphatic heterocycles. The maximum Gasteiger partial charge on any atom is 0.323 e. The molecule has 0 spiro atoms. The molecule has 4 aromatic carbocycles. The smallest absolute Gasteiger partial charge is 0.323 e. The number of carboxylic acid groups (broad SMARTS) is 1. The van der Waals surface area contributed by atoms with Gasteiger partial charge in [-0.25, -0.2) is 0 Å². The number of nitriles is 2. The van der Waals surface area contributed by atoms with Crippen molar-refractivity contribution in [3.05, 3.63) is 117 Å². The van der Waals surface area contributed by atoms with Crippen LogP contribution < -0.4 is 14.8 Å². The molecule has 0 heterocycles. The van der Waals surface area contributed by atoms with E-state index < -0.39 is 18.6 Å². The Bertz CT molecular complexity index is 1700. The van der Waals surface area contributed by atoms with E-state index in [9.17, 15) is 25.5 Å². The molecule has 0 saturated carbocycles. The van der Waals surface area contributed by atoms with Crippen molar-refractivity contribution in [3.8, 4) is 34.8 Å². The first-order valence-corrected chi connectivity index (χ1v) is 14.1. The van der Waals surface area contributed by atoms with Gasteiger partial charge >= 0.3 is 5.97 Å². The molecule has 2 atom stereocenters. The van der Waals surface area contributed by atoms with Gasteiger partial charge in [-0.15, -0.1) is 0 Å². The molecule has 0 amide bonds. The molecule has 5 rings (SSSR count). The quantitative estimate of drug-likeness (QED) is 0.195. The fourth-order valence-corrected chi connectivity index (χ4v) is 5.48. The van der Waals surface area contributed by atoms with Crippen molar-refractivity contribution in [1.29, 1.82) is 10.5 Å². The van der Waals surface area contributed by atoms with E-state index in [1.54, 1.807) is 24.3 Å². The Kier molecular flexibility index (Phi) is 9.24. The second-order valence-electron chi connectivity index (χ2n) is 10.2. The second kappa shape index (κ2) is 13.4. The number of carbonyl (C=O) groups is 1. The minimum atomic E-state index is -1.19. The van der Waals surface area contributed by atoms with Crippen molar-refractivity contribution in [2.45, 2.75) is 38.1 Å². The van der Waals surface area contributed by atoms with E-state index >= 15 is 0 Å². The van der Waals surface area contributed by atoms with Crippen LogP contribution in [0, 0.1) is 22.7 Å². The van der Waals surface area contributed by atoms with Crippen LogP contribution in [-0.2, 0) is 24.4 Å². The number of hydrogen-bond donors (Lipinski definition) is 3. The van der Waals surface area contributed by atoms with Crippen molar-refractivity contribution < 1.29 is 24.5 Å². The highest BCUT2D eigenvalue weighted by Crippen LogP contribution is 2.43. The van der Waals surface area contributed by atoms with Crippen molar-refractivity contribution >= 4 is 17.6 Å². The molecule has 3 N–H and O–H groups in total. The zero-order chi connectivity index (χ0) is 30.3. The predicted molar refractivity (Wildman–Crippen MR) is 161 cm³/mol. The van der Waals surface area contributed by atoms with Crippen LogP contribution in [0.1, 0.15) is 45.9 Å². The zero-order valence-corrected chi connectivity index (χ0v) is 23.8. The lowest BCUT2D eigenvalue weighted by Crippen LogP contribution is -2.39. The van der Waals surface area contributed by atoms with E-state index in [-0.39, 0.29) is 19.3 Å². The van der Waals surface area contributed by atoms with Gasteiger partial charge in [0.15, 0.2) is 0 Å². The maximum absolute atomic E-state index is 11.4. The van der Waals surface area contributed by atoms with Crippen LogP contribution in [0.2, 0.25) is 5.02 Å². The molecule has 8 nitrogen and oxygen atoms in total. The van der Waals surface area contributed by atoms with Crippen LogP contribution in [0.4, 0.5) is 0 Å². The van der Waals surface area contributed by atoms with Gasteiger partial charge < -0.3 is 19.7 Å². The second-order valence-corrected chi connectivity index (χ2v) is 10.6. The molecule has 0 saturated heterocycles. The predicted octanol–water partition coefficient (Wildman–Crippen LogP) is 5.93. The van der Waals surface area contributed by atoms with Crippen LogP contribution in [-0.4, -0.2) is 28.8 Å². The molecule has 0 bridgehead atoms. The third kappa shape index (κ3) is 6.80. The minimum absolute atomic E-state index is 0.0350. The molecule has 43 heavy (non-hydrogen) atoms. The fourth-order valence-electron chi connectivity index (χ4n) is 5.25. The van der Waals surface area contributed by atoms with Crippen LogP contribution in [0.15, 0.2) is 78.9 Å². The number of halogens is 1. The summed E-state index contributed by atoms with van der Waals surface area (Å²) in [7, 11) is 0. The molecular weight excluding hydrogens is 566 g/mol. The standard InChI is InChI=1S/C34H28ClN3O5/c35-29-14-25(18-38-30(19-39)34(40)41)32(42-20-23-12-21(16-36)11-22(13-23)17-37)15-33(29)43-31-10-9-27-26(7-4-8-28(27)31)24-5-2-1-3-6-24/h1-8,11-15,30-31,38-39H,9-10,18-20H2,(H,40,41)/t30-,31-/m0/s1. The Morgan fingerprint density at radius 3 is 2.42 bits per heavy atom. The number of nitrogens with one attached hydrogen (secondary N) is 1. The van der Waals surface area contributed by atoms with Gasteiger partial charge in [-0.1, -0.05) is 60.1 Å². The van der Waals surface area contributed by atoms with E-state index in [1.165, 1.54) is 17.2 Å². The molecule has 0 radical (unpaired) electrons. The summed E-state index contributed by atoms with van der Waals surface area (Å²) >= 11 is 6.70. The number of aliphatic hydroxyl groups excluding tert-OH is 1. The topological polar surface area (TPSA) is 136 Å². The van der Waals surface area contributed by atoms with Crippen molar-refractivity contribution in [2.24, 2.45) is 0 Å². The number of nitrogens with zero attached hydrogens (tertiary/aromatic N) is 2. The van der Waals surface area contributed by atoms with Gasteiger partial charge in [0.1, 0.15) is 30.3 Å². The highest BCUT2D eigenvalue weighted by Gasteiger charge is 2.28. The SMILES string of the molecule is N#Cc1cc(C#N)cc(COc2cc(O[C@H]3CCc4c(-c5ccccc5)cccc43)c(Cl)cc2CN[C@@H](CO)C(=O)O)c1. The van der Waals surface area contributed by atoms with E-state index in [4.69, 9.17) is 21.1 Å². The fraction of sp³-hybridized carbons (Fsp3) is 0.206. The molecule has 9 heteroatoms. The third-order valence-electron chi connectivity index (χ3n) is 7.35. The van der Waals surface area contributed by atoms with Crippen molar-refractivity contribution in [2.75, 3.05) is 6.61 Å². The van der Waals surface area contributed by atoms with E-state index in [1.807, 2.05) is 36.4 Å².